The first-order valence-corrected chi connectivity index (χ1v) is 18.9. The Morgan fingerprint density at radius 2 is 0.891 bits per heavy atom. The molecule has 6 aliphatic rings. The minimum Gasteiger partial charge on any atom is -0.385 e. The zero-order chi connectivity index (χ0) is 31.4. The van der Waals surface area contributed by atoms with Gasteiger partial charge in [0.05, 0.1) is 11.2 Å². The molecule has 4 nitrogen and oxygen atoms in total. The number of likely N-dealkylation sites (tertiary alicyclic amines) is 2. The van der Waals surface area contributed by atoms with E-state index in [0.29, 0.717) is 35.5 Å². The molecule has 4 fully saturated rings. The van der Waals surface area contributed by atoms with Crippen molar-refractivity contribution in [1.29, 1.82) is 0 Å². The number of piperidine rings is 2. The van der Waals surface area contributed by atoms with Crippen molar-refractivity contribution in [2.75, 3.05) is 39.3 Å². The minimum atomic E-state index is -0.664. The zero-order valence-corrected chi connectivity index (χ0v) is 28.1. The molecule has 46 heavy (non-hydrogen) atoms. The molecule has 8 unspecified atom stereocenters. The van der Waals surface area contributed by atoms with E-state index in [2.05, 4.69) is 94.8 Å². The van der Waals surface area contributed by atoms with E-state index in [1.807, 2.05) is 0 Å². The van der Waals surface area contributed by atoms with Crippen molar-refractivity contribution >= 4 is 0 Å². The van der Waals surface area contributed by atoms with Gasteiger partial charge in [0.2, 0.25) is 0 Å². The summed E-state index contributed by atoms with van der Waals surface area (Å²) in [6.07, 6.45) is 24.1. The van der Waals surface area contributed by atoms with Crippen molar-refractivity contribution in [3.05, 3.63) is 96.1 Å². The van der Waals surface area contributed by atoms with E-state index in [4.69, 9.17) is 0 Å². The monoisotopic (exact) mass is 622 g/mol. The summed E-state index contributed by atoms with van der Waals surface area (Å²) in [5, 5.41) is 23.5. The number of nitrogens with zero attached hydrogens (tertiary/aromatic N) is 2. The Morgan fingerprint density at radius 1 is 0.500 bits per heavy atom. The quantitative estimate of drug-likeness (QED) is 0.264. The van der Waals surface area contributed by atoms with E-state index in [0.717, 1.165) is 49.9 Å². The molecule has 4 bridgehead atoms. The minimum absolute atomic E-state index is 0.393. The first-order chi connectivity index (χ1) is 22.5. The molecule has 2 saturated heterocycles. The predicted molar refractivity (Wildman–Crippen MR) is 188 cm³/mol. The van der Waals surface area contributed by atoms with E-state index in [9.17, 15) is 10.2 Å². The molecule has 0 spiro atoms. The third-order valence-corrected chi connectivity index (χ3v) is 12.8. The van der Waals surface area contributed by atoms with Crippen molar-refractivity contribution in [3.63, 3.8) is 0 Å². The fourth-order valence-corrected chi connectivity index (χ4v) is 10.2. The molecule has 4 aliphatic carbocycles. The maximum Gasteiger partial charge on any atom is 0.0942 e. The van der Waals surface area contributed by atoms with Crippen LogP contribution in [0.2, 0.25) is 0 Å². The predicted octanol–water partition coefficient (Wildman–Crippen LogP) is 7.92. The first kappa shape index (κ1) is 32.3. The lowest BCUT2D eigenvalue weighted by atomic mass is 9.72. The van der Waals surface area contributed by atoms with Crippen LogP contribution in [0.5, 0.6) is 0 Å². The number of hydrogen-bond acceptors (Lipinski definition) is 4. The van der Waals surface area contributed by atoms with Crippen LogP contribution in [0.4, 0.5) is 0 Å². The molecule has 2 saturated carbocycles. The van der Waals surface area contributed by atoms with Gasteiger partial charge in [-0.05, 0) is 137 Å². The molecule has 0 aromatic heterocycles. The van der Waals surface area contributed by atoms with Crippen molar-refractivity contribution in [2.45, 2.75) is 88.3 Å². The Balaban J connectivity index is 0.000000147. The summed E-state index contributed by atoms with van der Waals surface area (Å²) in [5.41, 5.74) is 0.928. The average Bonchev–Trinajstić information content (AvgIpc) is 3.96. The molecule has 4 heteroatoms. The molecular weight excluding hydrogens is 564 g/mol. The van der Waals surface area contributed by atoms with Crippen LogP contribution in [0, 0.1) is 35.5 Å². The molecule has 248 valence electrons. The van der Waals surface area contributed by atoms with Crippen LogP contribution in [-0.2, 0) is 11.2 Å². The van der Waals surface area contributed by atoms with Gasteiger partial charge >= 0.3 is 0 Å². The summed E-state index contributed by atoms with van der Waals surface area (Å²) < 4.78 is 0. The molecule has 0 radical (unpaired) electrons. The van der Waals surface area contributed by atoms with E-state index in [1.165, 1.54) is 77.5 Å². The van der Waals surface area contributed by atoms with Crippen molar-refractivity contribution in [1.82, 2.24) is 9.80 Å². The number of benzene rings is 2. The highest BCUT2D eigenvalue weighted by Crippen LogP contribution is 2.53. The summed E-state index contributed by atoms with van der Waals surface area (Å²) in [4.78, 5) is 5.11. The van der Waals surface area contributed by atoms with Gasteiger partial charge in [0, 0.05) is 13.1 Å². The normalized spacial score (nSPS) is 33.0. The van der Waals surface area contributed by atoms with Gasteiger partial charge in [-0.2, -0.15) is 0 Å². The summed E-state index contributed by atoms with van der Waals surface area (Å²) in [6.45, 7) is 6.90. The third kappa shape index (κ3) is 6.97. The fraction of sp³-hybridized carbons (Fsp3) is 0.619. The third-order valence-electron chi connectivity index (χ3n) is 12.8. The molecular formula is C42H58N2O2. The maximum atomic E-state index is 11.8. The van der Waals surface area contributed by atoms with Gasteiger partial charge in [0.25, 0.3) is 0 Å². The Labute approximate surface area is 278 Å². The van der Waals surface area contributed by atoms with Crippen molar-refractivity contribution < 1.29 is 10.2 Å². The molecule has 2 aromatic rings. The van der Waals surface area contributed by atoms with Crippen LogP contribution in [0.15, 0.2) is 85.0 Å². The SMILES string of the molecule is OC(CCN1CCCCC1)(c1ccccc1)C1CC2C=CC1C2.OC(CCN1CCCCC1)(c1ccccc1)C1CC2C=CC1C2. The molecule has 2 N–H and O–H groups in total. The van der Waals surface area contributed by atoms with Crippen molar-refractivity contribution in [2.24, 2.45) is 35.5 Å². The number of allylic oxidation sites excluding steroid dienone is 4. The Hall–Kier alpha value is -2.24. The van der Waals surface area contributed by atoms with E-state index < -0.39 is 11.2 Å². The standard InChI is InChI=1S/2C21H29NO/c2*23-21(19-7-3-1-4-8-19,11-14-22-12-5-2-6-13-22)20-16-17-9-10-18(20)15-17/h2*1,3-4,7-10,17-18,20,23H,2,5-6,11-16H2. The number of aliphatic hydroxyl groups is 2. The second-order valence-corrected chi connectivity index (χ2v) is 15.7. The largest absolute Gasteiger partial charge is 0.385 e. The summed E-state index contributed by atoms with van der Waals surface area (Å²) in [6, 6.07) is 20.9. The molecule has 2 aromatic carbocycles. The van der Waals surface area contributed by atoms with Crippen LogP contribution in [0.1, 0.15) is 88.2 Å². The molecule has 8 rings (SSSR count). The van der Waals surface area contributed by atoms with Gasteiger partial charge in [0.15, 0.2) is 0 Å². The van der Waals surface area contributed by atoms with Crippen LogP contribution in [0.25, 0.3) is 0 Å². The lowest BCUT2D eigenvalue weighted by Gasteiger charge is -2.40. The number of fused-ring (bicyclic) bond motifs is 4. The fourth-order valence-electron chi connectivity index (χ4n) is 10.2. The Kier molecular flexibility index (Phi) is 10.2. The van der Waals surface area contributed by atoms with Gasteiger partial charge in [-0.3, -0.25) is 0 Å². The van der Waals surface area contributed by atoms with Crippen LogP contribution < -0.4 is 0 Å². The van der Waals surface area contributed by atoms with E-state index in [-0.39, 0.29) is 0 Å². The lowest BCUT2D eigenvalue weighted by Crippen LogP contribution is -2.42. The maximum absolute atomic E-state index is 11.8. The van der Waals surface area contributed by atoms with Gasteiger partial charge in [0.1, 0.15) is 0 Å². The van der Waals surface area contributed by atoms with Crippen molar-refractivity contribution in [3.8, 4) is 0 Å². The average molecular weight is 623 g/mol. The van der Waals surface area contributed by atoms with Gasteiger partial charge in [-0.1, -0.05) is 97.8 Å². The second kappa shape index (κ2) is 14.5. The molecule has 2 heterocycles. The highest BCUT2D eigenvalue weighted by Gasteiger charge is 2.49. The topological polar surface area (TPSA) is 46.9 Å². The lowest BCUT2D eigenvalue weighted by molar-refractivity contribution is -0.0498. The summed E-state index contributed by atoms with van der Waals surface area (Å²) in [5.74, 6) is 3.35. The highest BCUT2D eigenvalue weighted by molar-refractivity contribution is 5.28. The summed E-state index contributed by atoms with van der Waals surface area (Å²) in [7, 11) is 0. The van der Waals surface area contributed by atoms with Crippen LogP contribution in [-0.4, -0.2) is 59.3 Å². The Bertz CT molecular complexity index is 1200. The van der Waals surface area contributed by atoms with E-state index in [1.54, 1.807) is 0 Å². The smallest absolute Gasteiger partial charge is 0.0942 e. The Morgan fingerprint density at radius 3 is 1.22 bits per heavy atom. The molecule has 2 aliphatic heterocycles. The van der Waals surface area contributed by atoms with E-state index >= 15 is 0 Å². The van der Waals surface area contributed by atoms with Gasteiger partial charge in [-0.15, -0.1) is 0 Å². The highest BCUT2D eigenvalue weighted by atomic mass is 16.3. The molecule has 8 atom stereocenters. The van der Waals surface area contributed by atoms with Gasteiger partial charge < -0.3 is 20.0 Å². The molecule has 0 amide bonds. The van der Waals surface area contributed by atoms with Crippen LogP contribution in [0.3, 0.4) is 0 Å². The number of rotatable bonds is 10. The van der Waals surface area contributed by atoms with Gasteiger partial charge in [-0.25, -0.2) is 0 Å². The second-order valence-electron chi connectivity index (χ2n) is 15.7. The first-order valence-electron chi connectivity index (χ1n) is 18.9. The van der Waals surface area contributed by atoms with Crippen LogP contribution >= 0.6 is 0 Å². The number of hydrogen-bond donors (Lipinski definition) is 2. The summed E-state index contributed by atoms with van der Waals surface area (Å²) >= 11 is 0. The zero-order valence-electron chi connectivity index (χ0n) is 28.1.